The van der Waals surface area contributed by atoms with Crippen LogP contribution in [0, 0.1) is 25.7 Å². The molecule has 0 spiro atoms. The molecule has 2 aliphatic heterocycles. The van der Waals surface area contributed by atoms with Gasteiger partial charge >= 0.3 is 0 Å². The van der Waals surface area contributed by atoms with Crippen molar-refractivity contribution in [1.82, 2.24) is 9.88 Å². The summed E-state index contributed by atoms with van der Waals surface area (Å²) < 4.78 is 5.57. The van der Waals surface area contributed by atoms with Crippen LogP contribution < -0.4 is 9.64 Å². The SMILES string of the molecule is COc1ccc(C)nc1N1C[C@@H]2CN(C)[C@H](c3ccccc3C)[C@@H]2C1. The summed E-state index contributed by atoms with van der Waals surface area (Å²) in [4.78, 5) is 9.74. The zero-order chi connectivity index (χ0) is 17.6. The average molecular weight is 337 g/mol. The molecule has 2 saturated heterocycles. The first-order valence-corrected chi connectivity index (χ1v) is 9.11. The fourth-order valence-corrected chi connectivity index (χ4v) is 4.73. The number of aromatic nitrogens is 1. The van der Waals surface area contributed by atoms with Gasteiger partial charge in [0, 0.05) is 37.3 Å². The van der Waals surface area contributed by atoms with E-state index in [1.54, 1.807) is 7.11 Å². The minimum absolute atomic E-state index is 0.493. The Kier molecular flexibility index (Phi) is 4.16. The minimum atomic E-state index is 0.493. The van der Waals surface area contributed by atoms with Crippen molar-refractivity contribution in [2.24, 2.45) is 11.8 Å². The van der Waals surface area contributed by atoms with E-state index in [1.165, 1.54) is 11.1 Å². The highest BCUT2D eigenvalue weighted by Crippen LogP contribution is 2.46. The molecule has 0 amide bonds. The Morgan fingerprint density at radius 1 is 1.04 bits per heavy atom. The fraction of sp³-hybridized carbons (Fsp3) is 0.476. The van der Waals surface area contributed by atoms with Crippen LogP contribution in [0.5, 0.6) is 5.75 Å². The highest BCUT2D eigenvalue weighted by Gasteiger charge is 2.47. The third kappa shape index (κ3) is 2.78. The molecule has 132 valence electrons. The van der Waals surface area contributed by atoms with E-state index < -0.39 is 0 Å². The largest absolute Gasteiger partial charge is 0.493 e. The Balaban J connectivity index is 1.64. The first-order valence-electron chi connectivity index (χ1n) is 9.11. The zero-order valence-corrected chi connectivity index (χ0v) is 15.6. The van der Waals surface area contributed by atoms with E-state index in [0.29, 0.717) is 17.9 Å². The second-order valence-corrected chi connectivity index (χ2v) is 7.55. The summed E-state index contributed by atoms with van der Waals surface area (Å²) in [6.45, 7) is 7.53. The zero-order valence-electron chi connectivity index (χ0n) is 15.6. The van der Waals surface area contributed by atoms with Gasteiger partial charge in [-0.3, -0.25) is 4.90 Å². The van der Waals surface area contributed by atoms with Crippen LogP contribution in [-0.4, -0.2) is 43.7 Å². The summed E-state index contributed by atoms with van der Waals surface area (Å²) >= 11 is 0. The molecule has 3 atom stereocenters. The standard InChI is InChI=1S/C21H27N3O/c1-14-7-5-6-8-17(14)20-18-13-24(12-16(18)11-23(20)3)21-19(25-4)10-9-15(2)22-21/h5-10,16,18,20H,11-13H2,1-4H3/t16-,18+,20+/m0/s1. The molecular formula is C21H27N3O. The number of hydrogen-bond acceptors (Lipinski definition) is 4. The Labute approximate surface area is 150 Å². The van der Waals surface area contributed by atoms with Crippen LogP contribution in [0.15, 0.2) is 36.4 Å². The molecule has 3 heterocycles. The molecule has 0 N–H and O–H groups in total. The van der Waals surface area contributed by atoms with Crippen molar-refractivity contribution < 1.29 is 4.74 Å². The van der Waals surface area contributed by atoms with Gasteiger partial charge in [0.1, 0.15) is 0 Å². The van der Waals surface area contributed by atoms with Crippen molar-refractivity contribution in [3.05, 3.63) is 53.2 Å². The van der Waals surface area contributed by atoms with Crippen molar-refractivity contribution in [3.8, 4) is 5.75 Å². The molecule has 0 saturated carbocycles. The summed E-state index contributed by atoms with van der Waals surface area (Å²) in [5.74, 6) is 3.20. The number of pyridine rings is 1. The number of anilines is 1. The summed E-state index contributed by atoms with van der Waals surface area (Å²) in [6, 6.07) is 13.4. The van der Waals surface area contributed by atoms with Crippen molar-refractivity contribution in [3.63, 3.8) is 0 Å². The molecule has 0 aliphatic carbocycles. The minimum Gasteiger partial charge on any atom is -0.493 e. The van der Waals surface area contributed by atoms with E-state index in [2.05, 4.69) is 48.0 Å². The van der Waals surface area contributed by atoms with Gasteiger partial charge in [-0.1, -0.05) is 24.3 Å². The first-order chi connectivity index (χ1) is 12.1. The number of ether oxygens (including phenoxy) is 1. The van der Waals surface area contributed by atoms with E-state index in [4.69, 9.17) is 9.72 Å². The first kappa shape index (κ1) is 16.4. The molecule has 4 nitrogen and oxygen atoms in total. The summed E-state index contributed by atoms with van der Waals surface area (Å²) in [7, 11) is 4.00. The lowest BCUT2D eigenvalue weighted by Crippen LogP contribution is -2.30. The van der Waals surface area contributed by atoms with Crippen molar-refractivity contribution >= 4 is 5.82 Å². The number of likely N-dealkylation sites (tertiary alicyclic amines) is 1. The molecule has 0 unspecified atom stereocenters. The van der Waals surface area contributed by atoms with Gasteiger partial charge in [-0.25, -0.2) is 4.98 Å². The molecule has 4 heteroatoms. The van der Waals surface area contributed by atoms with Crippen LogP contribution in [0.2, 0.25) is 0 Å². The Bertz CT molecular complexity index is 775. The molecule has 2 aliphatic rings. The molecule has 4 rings (SSSR count). The molecule has 2 fully saturated rings. The van der Waals surface area contributed by atoms with Gasteiger partial charge in [0.2, 0.25) is 0 Å². The third-order valence-corrected chi connectivity index (χ3v) is 5.90. The van der Waals surface area contributed by atoms with Gasteiger partial charge in [-0.05, 0) is 50.1 Å². The highest BCUT2D eigenvalue weighted by molar-refractivity contribution is 5.54. The maximum atomic E-state index is 5.57. The second kappa shape index (κ2) is 6.34. The summed E-state index contributed by atoms with van der Waals surface area (Å²) in [5, 5.41) is 0. The van der Waals surface area contributed by atoms with Crippen LogP contribution in [-0.2, 0) is 0 Å². The van der Waals surface area contributed by atoms with Gasteiger partial charge < -0.3 is 9.64 Å². The summed E-state index contributed by atoms with van der Waals surface area (Å²) in [6.07, 6.45) is 0. The van der Waals surface area contributed by atoms with Crippen LogP contribution in [0.4, 0.5) is 5.82 Å². The number of benzene rings is 1. The lowest BCUT2D eigenvalue weighted by molar-refractivity contribution is 0.278. The van der Waals surface area contributed by atoms with E-state index in [-0.39, 0.29) is 0 Å². The number of fused-ring (bicyclic) bond motifs is 1. The predicted octanol–water partition coefficient (Wildman–Crippen LogP) is 3.45. The van der Waals surface area contributed by atoms with Crippen LogP contribution in [0.1, 0.15) is 22.9 Å². The number of rotatable bonds is 3. The van der Waals surface area contributed by atoms with E-state index in [9.17, 15) is 0 Å². The molecule has 0 radical (unpaired) electrons. The number of hydrogen-bond donors (Lipinski definition) is 0. The Hall–Kier alpha value is -2.07. The van der Waals surface area contributed by atoms with Gasteiger partial charge in [0.15, 0.2) is 11.6 Å². The molecule has 1 aromatic carbocycles. The lowest BCUT2D eigenvalue weighted by Gasteiger charge is -2.28. The average Bonchev–Trinajstić information content (AvgIpc) is 3.12. The predicted molar refractivity (Wildman–Crippen MR) is 101 cm³/mol. The molecule has 25 heavy (non-hydrogen) atoms. The van der Waals surface area contributed by atoms with Crippen molar-refractivity contribution in [1.29, 1.82) is 0 Å². The van der Waals surface area contributed by atoms with Gasteiger partial charge in [0.25, 0.3) is 0 Å². The number of methoxy groups -OCH3 is 1. The normalized spacial score (nSPS) is 26.1. The Morgan fingerprint density at radius 3 is 2.60 bits per heavy atom. The van der Waals surface area contributed by atoms with Crippen LogP contribution in [0.25, 0.3) is 0 Å². The van der Waals surface area contributed by atoms with E-state index >= 15 is 0 Å². The topological polar surface area (TPSA) is 28.6 Å². The lowest BCUT2D eigenvalue weighted by atomic mass is 9.88. The number of nitrogens with zero attached hydrogens (tertiary/aromatic N) is 3. The van der Waals surface area contributed by atoms with E-state index in [1.807, 2.05) is 19.1 Å². The monoisotopic (exact) mass is 337 g/mol. The van der Waals surface area contributed by atoms with E-state index in [0.717, 1.165) is 36.9 Å². The molecular weight excluding hydrogens is 310 g/mol. The quantitative estimate of drug-likeness (QED) is 0.858. The molecule has 1 aromatic heterocycles. The Morgan fingerprint density at radius 2 is 1.84 bits per heavy atom. The summed E-state index contributed by atoms with van der Waals surface area (Å²) in [5.41, 5.74) is 3.91. The van der Waals surface area contributed by atoms with Gasteiger partial charge in [0.05, 0.1) is 7.11 Å². The van der Waals surface area contributed by atoms with Gasteiger partial charge in [-0.2, -0.15) is 0 Å². The third-order valence-electron chi connectivity index (χ3n) is 5.90. The maximum absolute atomic E-state index is 5.57. The molecule has 2 aromatic rings. The second-order valence-electron chi connectivity index (χ2n) is 7.55. The smallest absolute Gasteiger partial charge is 0.171 e. The molecule has 0 bridgehead atoms. The van der Waals surface area contributed by atoms with Crippen molar-refractivity contribution in [2.45, 2.75) is 19.9 Å². The van der Waals surface area contributed by atoms with Crippen molar-refractivity contribution in [2.75, 3.05) is 38.7 Å². The van der Waals surface area contributed by atoms with Crippen LogP contribution >= 0.6 is 0 Å². The number of aryl methyl sites for hydroxylation is 2. The van der Waals surface area contributed by atoms with Gasteiger partial charge in [-0.15, -0.1) is 0 Å². The van der Waals surface area contributed by atoms with Crippen LogP contribution in [0.3, 0.4) is 0 Å². The highest BCUT2D eigenvalue weighted by atomic mass is 16.5. The maximum Gasteiger partial charge on any atom is 0.171 e. The fourth-order valence-electron chi connectivity index (χ4n) is 4.73.